The predicted molar refractivity (Wildman–Crippen MR) is 130 cm³/mol. The van der Waals surface area contributed by atoms with E-state index in [9.17, 15) is 9.59 Å². The quantitative estimate of drug-likeness (QED) is 0.363. The second-order valence-electron chi connectivity index (χ2n) is 7.88. The molecule has 0 saturated carbocycles. The number of amidine groups is 1. The van der Waals surface area contributed by atoms with Crippen molar-refractivity contribution in [3.63, 3.8) is 0 Å². The second-order valence-corrected chi connectivity index (χ2v) is 7.88. The van der Waals surface area contributed by atoms with Crippen LogP contribution in [0.25, 0.3) is 22.2 Å². The lowest BCUT2D eigenvalue weighted by molar-refractivity contribution is -0.126. The summed E-state index contributed by atoms with van der Waals surface area (Å²) in [6.07, 6.45) is 1.70. The van der Waals surface area contributed by atoms with Crippen molar-refractivity contribution in [1.29, 1.82) is 0 Å². The van der Waals surface area contributed by atoms with Crippen LogP contribution < -0.4 is 5.73 Å². The van der Waals surface area contributed by atoms with Gasteiger partial charge in [0.2, 0.25) is 0 Å². The van der Waals surface area contributed by atoms with Gasteiger partial charge >= 0.3 is 0 Å². The average Bonchev–Trinajstić information content (AvgIpc) is 3.36. The van der Waals surface area contributed by atoms with Gasteiger partial charge in [0.1, 0.15) is 5.84 Å². The smallest absolute Gasteiger partial charge is 0.283 e. The first kappa shape index (κ1) is 20.4. The Kier molecular flexibility index (Phi) is 5.06. The van der Waals surface area contributed by atoms with Crippen LogP contribution in [0.3, 0.4) is 0 Å². The lowest BCUT2D eigenvalue weighted by atomic mass is 10.0. The lowest BCUT2D eigenvalue weighted by Gasteiger charge is -2.11. The summed E-state index contributed by atoms with van der Waals surface area (Å²) in [4.78, 5) is 33.3. The van der Waals surface area contributed by atoms with E-state index in [4.69, 9.17) is 5.73 Å². The molecule has 3 aromatic carbocycles. The molecular formula is C26H21N5O2. The SMILES string of the molecule is Cc1ccc2[nH]c(-c3ccccc3)c(C=Nc3ccccc3C(=O)N3N=C(N)CC3=O)c2c1. The minimum Gasteiger partial charge on any atom is -0.385 e. The first-order chi connectivity index (χ1) is 16.0. The fraction of sp³-hybridized carbons (Fsp3) is 0.0769. The molecule has 162 valence electrons. The van der Waals surface area contributed by atoms with Crippen LogP contribution in [0.4, 0.5) is 5.69 Å². The lowest BCUT2D eigenvalue weighted by Crippen LogP contribution is -2.28. The summed E-state index contributed by atoms with van der Waals surface area (Å²) in [5, 5.41) is 5.72. The molecule has 0 radical (unpaired) electrons. The zero-order valence-electron chi connectivity index (χ0n) is 17.9. The first-order valence-corrected chi connectivity index (χ1v) is 10.5. The Bertz CT molecular complexity index is 1450. The van der Waals surface area contributed by atoms with E-state index in [1.54, 1.807) is 30.5 Å². The Hall–Kier alpha value is -4.52. The number of aliphatic imine (C=N–C) groups is 1. The number of imide groups is 1. The molecule has 1 aromatic heterocycles. The summed E-state index contributed by atoms with van der Waals surface area (Å²) < 4.78 is 0. The van der Waals surface area contributed by atoms with Gasteiger partial charge in [0.25, 0.3) is 11.8 Å². The predicted octanol–water partition coefficient (Wildman–Crippen LogP) is 4.54. The van der Waals surface area contributed by atoms with Gasteiger partial charge in [-0.3, -0.25) is 14.6 Å². The molecule has 3 N–H and O–H groups in total. The molecule has 33 heavy (non-hydrogen) atoms. The van der Waals surface area contributed by atoms with E-state index in [1.165, 1.54) is 0 Å². The fourth-order valence-electron chi connectivity index (χ4n) is 3.92. The van der Waals surface area contributed by atoms with Crippen LogP contribution in [0.5, 0.6) is 0 Å². The highest BCUT2D eigenvalue weighted by Gasteiger charge is 2.30. The standard InChI is InChI=1S/C26H21N5O2/c1-16-11-12-22-19(13-16)20(25(29-22)17-7-3-2-4-8-17)15-28-21-10-6-5-9-18(21)26(33)31-24(32)14-23(27)30-31/h2-13,15,29H,14H2,1H3,(H2,27,30). The maximum Gasteiger partial charge on any atom is 0.283 e. The van der Waals surface area contributed by atoms with Gasteiger partial charge in [-0.1, -0.05) is 54.1 Å². The molecule has 7 heteroatoms. The minimum absolute atomic E-state index is 0.0632. The van der Waals surface area contributed by atoms with Crippen molar-refractivity contribution in [2.75, 3.05) is 0 Å². The molecule has 0 aliphatic carbocycles. The van der Waals surface area contributed by atoms with Gasteiger partial charge in [0, 0.05) is 22.7 Å². The molecule has 0 unspecified atom stereocenters. The summed E-state index contributed by atoms with van der Waals surface area (Å²) in [5.41, 5.74) is 11.4. The van der Waals surface area contributed by atoms with Crippen molar-refractivity contribution >= 4 is 40.5 Å². The summed E-state index contributed by atoms with van der Waals surface area (Å²) in [7, 11) is 0. The van der Waals surface area contributed by atoms with Gasteiger partial charge in [-0.2, -0.15) is 5.01 Å². The van der Waals surface area contributed by atoms with Crippen LogP contribution in [0, 0.1) is 6.92 Å². The highest BCUT2D eigenvalue weighted by molar-refractivity contribution is 6.15. The molecule has 2 heterocycles. The number of nitrogens with two attached hydrogens (primary N) is 1. The molecule has 0 fully saturated rings. The highest BCUT2D eigenvalue weighted by atomic mass is 16.2. The van der Waals surface area contributed by atoms with Crippen molar-refractivity contribution in [2.45, 2.75) is 13.3 Å². The number of para-hydroxylation sites is 1. The van der Waals surface area contributed by atoms with E-state index < -0.39 is 11.8 Å². The summed E-state index contributed by atoms with van der Waals surface area (Å²) in [5.74, 6) is -0.878. The van der Waals surface area contributed by atoms with Gasteiger partial charge < -0.3 is 10.7 Å². The Balaban J connectivity index is 1.60. The molecule has 7 nitrogen and oxygen atoms in total. The van der Waals surface area contributed by atoms with Gasteiger partial charge in [-0.25, -0.2) is 0 Å². The molecule has 1 aliphatic rings. The van der Waals surface area contributed by atoms with Crippen LogP contribution in [0.1, 0.15) is 27.9 Å². The zero-order chi connectivity index (χ0) is 22.9. The molecule has 0 atom stereocenters. The van der Waals surface area contributed by atoms with Crippen molar-refractivity contribution in [3.05, 3.63) is 89.5 Å². The third-order valence-electron chi connectivity index (χ3n) is 5.51. The maximum absolute atomic E-state index is 13.0. The number of nitrogens with zero attached hydrogens (tertiary/aromatic N) is 3. The molecule has 4 aromatic rings. The number of hydrogen-bond acceptors (Lipinski definition) is 5. The van der Waals surface area contributed by atoms with Gasteiger partial charge in [0.15, 0.2) is 0 Å². The molecule has 5 rings (SSSR count). The van der Waals surface area contributed by atoms with E-state index in [0.717, 1.165) is 38.3 Å². The number of rotatable bonds is 4. The maximum atomic E-state index is 13.0. The number of aryl methyl sites for hydroxylation is 1. The minimum atomic E-state index is -0.550. The normalized spacial score (nSPS) is 13.8. The van der Waals surface area contributed by atoms with Crippen LogP contribution in [0.2, 0.25) is 0 Å². The number of fused-ring (bicyclic) bond motifs is 1. The third kappa shape index (κ3) is 3.80. The highest BCUT2D eigenvalue weighted by Crippen LogP contribution is 2.31. The second kappa shape index (κ2) is 8.20. The van der Waals surface area contributed by atoms with E-state index in [0.29, 0.717) is 5.69 Å². The number of benzene rings is 3. The number of hydrazone groups is 1. The number of carbonyl (C=O) groups excluding carboxylic acids is 2. The van der Waals surface area contributed by atoms with Crippen LogP contribution >= 0.6 is 0 Å². The number of aromatic nitrogens is 1. The van der Waals surface area contributed by atoms with Crippen molar-refractivity contribution < 1.29 is 9.59 Å². The molecule has 1 aliphatic heterocycles. The monoisotopic (exact) mass is 435 g/mol. The number of nitrogens with one attached hydrogen (secondary N) is 1. The van der Waals surface area contributed by atoms with Crippen LogP contribution in [-0.2, 0) is 4.79 Å². The van der Waals surface area contributed by atoms with Gasteiger partial charge in [0.05, 0.1) is 23.4 Å². The summed E-state index contributed by atoms with van der Waals surface area (Å²) in [6, 6.07) is 23.1. The van der Waals surface area contributed by atoms with Gasteiger partial charge in [-0.05, 0) is 36.8 Å². The topological polar surface area (TPSA) is 104 Å². The number of amides is 2. The van der Waals surface area contributed by atoms with E-state index >= 15 is 0 Å². The fourth-order valence-corrected chi connectivity index (χ4v) is 3.92. The number of H-pyrrole nitrogens is 1. The Labute approximate surface area is 190 Å². The zero-order valence-corrected chi connectivity index (χ0v) is 17.9. The average molecular weight is 435 g/mol. The van der Waals surface area contributed by atoms with Crippen LogP contribution in [-0.4, -0.2) is 33.9 Å². The molecular weight excluding hydrogens is 414 g/mol. The van der Waals surface area contributed by atoms with E-state index in [2.05, 4.69) is 27.2 Å². The Morgan fingerprint density at radius 1 is 1.09 bits per heavy atom. The van der Waals surface area contributed by atoms with Crippen molar-refractivity contribution in [3.8, 4) is 11.3 Å². The molecule has 0 spiro atoms. The number of aromatic amines is 1. The molecule has 0 saturated heterocycles. The Morgan fingerprint density at radius 2 is 1.85 bits per heavy atom. The van der Waals surface area contributed by atoms with Gasteiger partial charge in [-0.15, -0.1) is 5.10 Å². The first-order valence-electron chi connectivity index (χ1n) is 10.5. The van der Waals surface area contributed by atoms with Crippen molar-refractivity contribution in [2.24, 2.45) is 15.8 Å². The summed E-state index contributed by atoms with van der Waals surface area (Å²) >= 11 is 0. The molecule has 2 amide bonds. The summed E-state index contributed by atoms with van der Waals surface area (Å²) in [6.45, 7) is 2.04. The number of carbonyl (C=O) groups is 2. The van der Waals surface area contributed by atoms with Crippen LogP contribution in [0.15, 0.2) is 82.9 Å². The Morgan fingerprint density at radius 3 is 2.61 bits per heavy atom. The number of hydrogen-bond donors (Lipinski definition) is 2. The van der Waals surface area contributed by atoms with E-state index in [1.807, 2.05) is 43.3 Å². The van der Waals surface area contributed by atoms with E-state index in [-0.39, 0.29) is 17.8 Å². The third-order valence-corrected chi connectivity index (χ3v) is 5.51. The largest absolute Gasteiger partial charge is 0.385 e. The molecule has 0 bridgehead atoms. The van der Waals surface area contributed by atoms with Crippen molar-refractivity contribution in [1.82, 2.24) is 9.99 Å².